The van der Waals surface area contributed by atoms with Crippen molar-refractivity contribution in [3.05, 3.63) is 12.7 Å². The number of allylic oxidation sites excluding steroid dienone is 1. The Morgan fingerprint density at radius 3 is 1.82 bits per heavy atom. The van der Waals surface area contributed by atoms with Crippen molar-refractivity contribution < 1.29 is 0 Å². The van der Waals surface area contributed by atoms with Crippen LogP contribution in [0.4, 0.5) is 0 Å². The van der Waals surface area contributed by atoms with Crippen LogP contribution in [0.15, 0.2) is 12.7 Å². The molecule has 1 saturated carbocycles. The first-order chi connectivity index (χ1) is 4.81. The van der Waals surface area contributed by atoms with Crippen LogP contribution in [-0.2, 0) is 0 Å². The molecule has 0 aromatic rings. The third-order valence-electron chi connectivity index (χ3n) is 3.10. The highest BCUT2D eigenvalue weighted by molar-refractivity contribution is 6.78. The minimum absolute atomic E-state index is 0.562. The van der Waals surface area contributed by atoms with Gasteiger partial charge in [0, 0.05) is 8.07 Å². The summed E-state index contributed by atoms with van der Waals surface area (Å²) in [5.41, 5.74) is 1.53. The van der Waals surface area contributed by atoms with Crippen LogP contribution >= 0.6 is 0 Å². The lowest BCUT2D eigenvalue weighted by molar-refractivity contribution is 0.607. The van der Waals surface area contributed by atoms with E-state index >= 15 is 0 Å². The Labute approximate surface area is 71.7 Å². The average molecular weight is 168 g/mol. The smallest absolute Gasteiger partial charge is 0.0486 e. The first kappa shape index (κ1) is 9.05. The van der Waals surface area contributed by atoms with Gasteiger partial charge < -0.3 is 0 Å². The molecule has 1 unspecified atom stereocenters. The summed E-state index contributed by atoms with van der Waals surface area (Å²) >= 11 is 0. The highest BCUT2D eigenvalue weighted by atomic mass is 28.3. The van der Waals surface area contributed by atoms with E-state index in [1.165, 1.54) is 0 Å². The molecule has 64 valence electrons. The van der Waals surface area contributed by atoms with E-state index in [0.29, 0.717) is 5.41 Å². The summed E-state index contributed by atoms with van der Waals surface area (Å²) in [4.78, 5) is 0. The lowest BCUT2D eigenvalue weighted by Gasteiger charge is -2.17. The van der Waals surface area contributed by atoms with Crippen LogP contribution < -0.4 is 0 Å². The van der Waals surface area contributed by atoms with Crippen LogP contribution in [0.2, 0.25) is 25.2 Å². The standard InChI is InChI=1S/C10H20Si/c1-7-8-9(10(8,2)3)11(4,5)6/h7-9H,1H2,2-6H3/t8?,9-/m1/s1. The largest absolute Gasteiger partial charge is 0.103 e. The first-order valence-corrected chi connectivity index (χ1v) is 8.02. The Hall–Kier alpha value is -0.0431. The van der Waals surface area contributed by atoms with E-state index in [1.54, 1.807) is 0 Å². The van der Waals surface area contributed by atoms with Crippen LogP contribution in [0.3, 0.4) is 0 Å². The third kappa shape index (κ3) is 1.31. The second kappa shape index (κ2) is 2.22. The van der Waals surface area contributed by atoms with Crippen molar-refractivity contribution in [3.8, 4) is 0 Å². The SMILES string of the molecule is C=CC1[C@@H]([Si](C)(C)C)C1(C)C. The molecule has 1 heteroatoms. The normalized spacial score (nSPS) is 35.0. The Morgan fingerprint density at radius 1 is 1.27 bits per heavy atom. The molecule has 1 aliphatic rings. The van der Waals surface area contributed by atoms with E-state index in [4.69, 9.17) is 0 Å². The summed E-state index contributed by atoms with van der Waals surface area (Å²) in [5.74, 6) is 0.800. The maximum Gasteiger partial charge on any atom is 0.0486 e. The van der Waals surface area contributed by atoms with Gasteiger partial charge in [-0.2, -0.15) is 0 Å². The maximum atomic E-state index is 3.90. The molecular formula is C10H20Si. The van der Waals surface area contributed by atoms with E-state index in [0.717, 1.165) is 11.5 Å². The molecule has 0 nitrogen and oxygen atoms in total. The van der Waals surface area contributed by atoms with Gasteiger partial charge in [-0.05, 0) is 16.9 Å². The molecule has 0 spiro atoms. The molecule has 0 saturated heterocycles. The fourth-order valence-corrected chi connectivity index (χ4v) is 6.74. The third-order valence-corrected chi connectivity index (χ3v) is 6.07. The van der Waals surface area contributed by atoms with Crippen molar-refractivity contribution in [1.29, 1.82) is 0 Å². The van der Waals surface area contributed by atoms with Crippen LogP contribution in [0.1, 0.15) is 13.8 Å². The van der Waals surface area contributed by atoms with E-state index in [-0.39, 0.29) is 0 Å². The van der Waals surface area contributed by atoms with Crippen LogP contribution in [-0.4, -0.2) is 8.07 Å². The van der Waals surface area contributed by atoms with Crippen molar-refractivity contribution >= 4 is 8.07 Å². The Bertz CT molecular complexity index is 174. The lowest BCUT2D eigenvalue weighted by Crippen LogP contribution is -2.22. The highest BCUT2D eigenvalue weighted by Crippen LogP contribution is 2.67. The van der Waals surface area contributed by atoms with Crippen LogP contribution in [0.25, 0.3) is 0 Å². The van der Waals surface area contributed by atoms with Gasteiger partial charge in [-0.15, -0.1) is 6.58 Å². The average Bonchev–Trinajstić information content (AvgIpc) is 2.31. The molecule has 0 heterocycles. The van der Waals surface area contributed by atoms with Gasteiger partial charge in [-0.1, -0.05) is 39.6 Å². The summed E-state index contributed by atoms with van der Waals surface area (Å²) < 4.78 is 0. The molecule has 0 bridgehead atoms. The Kier molecular flexibility index (Phi) is 1.83. The summed E-state index contributed by atoms with van der Waals surface area (Å²) in [6, 6.07) is 0. The summed E-state index contributed by atoms with van der Waals surface area (Å²) in [5, 5.41) is 0. The van der Waals surface area contributed by atoms with Crippen molar-refractivity contribution in [1.82, 2.24) is 0 Å². The predicted molar refractivity (Wildman–Crippen MR) is 54.6 cm³/mol. The van der Waals surface area contributed by atoms with Crippen molar-refractivity contribution in [2.75, 3.05) is 0 Å². The minimum Gasteiger partial charge on any atom is -0.103 e. The molecule has 0 radical (unpaired) electrons. The van der Waals surface area contributed by atoms with E-state index < -0.39 is 8.07 Å². The molecule has 0 aliphatic heterocycles. The van der Waals surface area contributed by atoms with Crippen LogP contribution in [0, 0.1) is 11.3 Å². The zero-order valence-electron chi connectivity index (χ0n) is 8.44. The zero-order valence-corrected chi connectivity index (χ0v) is 9.44. The van der Waals surface area contributed by atoms with E-state index in [2.05, 4.69) is 46.1 Å². The molecule has 0 aromatic heterocycles. The first-order valence-electron chi connectivity index (χ1n) is 4.44. The van der Waals surface area contributed by atoms with Gasteiger partial charge in [-0.3, -0.25) is 0 Å². The van der Waals surface area contributed by atoms with Crippen molar-refractivity contribution in [2.24, 2.45) is 11.3 Å². The minimum atomic E-state index is -0.914. The fourth-order valence-electron chi connectivity index (χ4n) is 2.77. The second-order valence-corrected chi connectivity index (χ2v) is 10.8. The molecule has 1 rings (SSSR count). The highest BCUT2D eigenvalue weighted by Gasteiger charge is 2.60. The second-order valence-electron chi connectivity index (χ2n) is 5.43. The van der Waals surface area contributed by atoms with Gasteiger partial charge in [0.1, 0.15) is 0 Å². The Balaban J connectivity index is 2.74. The number of rotatable bonds is 2. The summed E-state index contributed by atoms with van der Waals surface area (Å²) in [6.07, 6.45) is 2.16. The number of hydrogen-bond acceptors (Lipinski definition) is 0. The van der Waals surface area contributed by atoms with Gasteiger partial charge in [0.05, 0.1) is 0 Å². The van der Waals surface area contributed by atoms with E-state index in [9.17, 15) is 0 Å². The zero-order chi connectivity index (χ0) is 8.86. The summed E-state index contributed by atoms with van der Waals surface area (Å²) in [7, 11) is -0.914. The van der Waals surface area contributed by atoms with Crippen molar-refractivity contribution in [2.45, 2.75) is 39.0 Å². The topological polar surface area (TPSA) is 0 Å². The Morgan fingerprint density at radius 2 is 1.73 bits per heavy atom. The molecule has 0 amide bonds. The maximum absolute atomic E-state index is 3.90. The van der Waals surface area contributed by atoms with Crippen LogP contribution in [0.5, 0.6) is 0 Å². The molecular weight excluding hydrogens is 148 g/mol. The molecule has 1 fully saturated rings. The monoisotopic (exact) mass is 168 g/mol. The van der Waals surface area contributed by atoms with Gasteiger partial charge in [0.2, 0.25) is 0 Å². The number of hydrogen-bond donors (Lipinski definition) is 0. The van der Waals surface area contributed by atoms with Crippen molar-refractivity contribution in [3.63, 3.8) is 0 Å². The van der Waals surface area contributed by atoms with E-state index in [1.807, 2.05) is 0 Å². The molecule has 0 aromatic carbocycles. The summed E-state index contributed by atoms with van der Waals surface area (Å²) in [6.45, 7) is 16.0. The van der Waals surface area contributed by atoms with Gasteiger partial charge in [-0.25, -0.2) is 0 Å². The molecule has 11 heavy (non-hydrogen) atoms. The quantitative estimate of drug-likeness (QED) is 0.437. The van der Waals surface area contributed by atoms with Gasteiger partial charge in [0.25, 0.3) is 0 Å². The van der Waals surface area contributed by atoms with Gasteiger partial charge >= 0.3 is 0 Å². The molecule has 0 N–H and O–H groups in total. The molecule has 1 aliphatic carbocycles. The predicted octanol–water partition coefficient (Wildman–Crippen LogP) is 3.54. The fraction of sp³-hybridized carbons (Fsp3) is 0.800. The van der Waals surface area contributed by atoms with Gasteiger partial charge in [0.15, 0.2) is 0 Å². The molecule has 2 atom stereocenters. The lowest BCUT2D eigenvalue weighted by atomic mass is 10.1.